The molecule has 0 saturated heterocycles. The zero-order valence-corrected chi connectivity index (χ0v) is 43.4. The Kier molecular flexibility index (Phi) is 14.8. The minimum atomic E-state index is -3.07. The van der Waals surface area contributed by atoms with Gasteiger partial charge in [-0.3, -0.25) is 0 Å². The molecule has 0 radical (unpaired) electrons. The molecule has 0 bridgehead atoms. The van der Waals surface area contributed by atoms with E-state index in [1.165, 1.54) is 114 Å². The number of rotatable bonds is 20. The van der Waals surface area contributed by atoms with Gasteiger partial charge in [-0.25, -0.2) is 0 Å². The molecule has 0 fully saturated rings. The van der Waals surface area contributed by atoms with Gasteiger partial charge in [-0.2, -0.15) is 0 Å². The zero-order chi connectivity index (χ0) is 44.2. The van der Waals surface area contributed by atoms with Crippen LogP contribution in [0.4, 0.5) is 0 Å². The molecule has 0 amide bonds. The minimum absolute atomic E-state index is 0.362. The maximum absolute atomic E-state index is 3.07. The van der Waals surface area contributed by atoms with Gasteiger partial charge >= 0.3 is 393 Å². The number of benzene rings is 6. The fourth-order valence-electron chi connectivity index (χ4n) is 13.5. The molecule has 2 atom stereocenters. The molecule has 6 aromatic rings. The zero-order valence-electron chi connectivity index (χ0n) is 40.3. The van der Waals surface area contributed by atoms with Gasteiger partial charge in [0.1, 0.15) is 0 Å². The van der Waals surface area contributed by atoms with Crippen LogP contribution in [0.15, 0.2) is 132 Å². The van der Waals surface area contributed by atoms with E-state index in [2.05, 4.69) is 189 Å². The second-order valence-corrected chi connectivity index (χ2v) is 37.3. The van der Waals surface area contributed by atoms with E-state index < -0.39 is 33.2 Å². The molecule has 0 nitrogen and oxygen atoms in total. The van der Waals surface area contributed by atoms with Crippen LogP contribution in [-0.4, -0.2) is 0 Å². The van der Waals surface area contributed by atoms with Crippen molar-refractivity contribution >= 4 is 33.7 Å². The van der Waals surface area contributed by atoms with Crippen molar-refractivity contribution in [1.82, 2.24) is 0 Å². The Hall–Kier alpha value is -3.25. The van der Waals surface area contributed by atoms with Gasteiger partial charge in [0.15, 0.2) is 0 Å². The molecule has 0 spiro atoms. The third kappa shape index (κ3) is 8.11. The molecular weight excluding hydrogens is 828 g/mol. The summed E-state index contributed by atoms with van der Waals surface area (Å²) >= 11 is -6.14. The van der Waals surface area contributed by atoms with Gasteiger partial charge in [0.25, 0.3) is 0 Å². The van der Waals surface area contributed by atoms with Crippen molar-refractivity contribution < 1.29 is 33.2 Å². The van der Waals surface area contributed by atoms with Crippen molar-refractivity contribution in [2.24, 2.45) is 0 Å². The summed E-state index contributed by atoms with van der Waals surface area (Å²) in [4.78, 5) is 0. The van der Waals surface area contributed by atoms with E-state index in [4.69, 9.17) is 0 Å². The van der Waals surface area contributed by atoms with Crippen LogP contribution < -0.4 is 0 Å². The van der Waals surface area contributed by atoms with Gasteiger partial charge in [0, 0.05) is 0 Å². The van der Waals surface area contributed by atoms with Crippen LogP contribution in [0.5, 0.6) is 0 Å². The molecule has 2 aliphatic rings. The maximum atomic E-state index is 3.00. The van der Waals surface area contributed by atoms with Crippen molar-refractivity contribution in [3.63, 3.8) is 0 Å². The van der Waals surface area contributed by atoms with E-state index >= 15 is 0 Å². The molecule has 0 aliphatic heterocycles. The first-order valence-corrected chi connectivity index (χ1v) is 33.2. The van der Waals surface area contributed by atoms with E-state index in [-0.39, 0.29) is 0 Å². The van der Waals surface area contributed by atoms with E-state index in [1.54, 1.807) is 33.4 Å². The quantitative estimate of drug-likeness (QED) is 0.0670. The van der Waals surface area contributed by atoms with E-state index in [0.717, 1.165) is 12.8 Å². The van der Waals surface area contributed by atoms with Gasteiger partial charge in [0.2, 0.25) is 0 Å². The molecule has 0 heterocycles. The van der Waals surface area contributed by atoms with Crippen molar-refractivity contribution in [2.45, 2.75) is 149 Å². The Morgan fingerprint density at radius 3 is 1.10 bits per heavy atom. The Bertz CT molecular complexity index is 2400. The topological polar surface area (TPSA) is 0 Å². The average molecular weight is 905 g/mol. The van der Waals surface area contributed by atoms with Gasteiger partial charge in [-0.05, 0) is 0 Å². The van der Waals surface area contributed by atoms with Crippen molar-refractivity contribution in [1.29, 1.82) is 0 Å². The van der Waals surface area contributed by atoms with Crippen LogP contribution in [0.25, 0.3) is 56.0 Å². The van der Waals surface area contributed by atoms with E-state index in [9.17, 15) is 0 Å². The molecule has 6 aromatic carbocycles. The third-order valence-corrected chi connectivity index (χ3v) is 44.3. The van der Waals surface area contributed by atoms with Crippen molar-refractivity contribution in [3.05, 3.63) is 155 Å². The van der Waals surface area contributed by atoms with Crippen LogP contribution in [-0.2, 0) is 33.2 Å². The Morgan fingerprint density at radius 1 is 0.397 bits per heavy atom. The average Bonchev–Trinajstić information content (AvgIpc) is 3.91. The number of fused-ring (bicyclic) bond motifs is 4. The number of unbranched alkanes of at least 4 members (excludes halogenated alkanes) is 4. The molecular formula is C61H76Ti2. The standard InChI is InChI=1S/2C21H17.4C4H9.C3H6.2Ti/c2*1-2-15-13-17-9-6-12-20(21(17)14-15)19-11-5-8-16-7-3-4-10-18(16)19;4*1-3-4-2;1-3-2;;/h2*3-14H,2H2,1H3;4*1,3-4H2,2H3;1-2H3;;. The number of allylic oxidation sites excluding steroid dienone is 2. The number of hydrogen-bond acceptors (Lipinski definition) is 0. The predicted octanol–water partition coefficient (Wildman–Crippen LogP) is 20.1. The first-order valence-electron chi connectivity index (χ1n) is 25.4. The Labute approximate surface area is 389 Å². The van der Waals surface area contributed by atoms with E-state index in [1.807, 2.05) is 0 Å². The summed E-state index contributed by atoms with van der Waals surface area (Å²) in [5.41, 5.74) is 15.8. The first kappa shape index (κ1) is 46.3. The summed E-state index contributed by atoms with van der Waals surface area (Å²) < 4.78 is 7.56. The molecule has 0 N–H and O–H groups in total. The summed E-state index contributed by atoms with van der Waals surface area (Å²) in [5.74, 6) is 0. The van der Waals surface area contributed by atoms with E-state index in [0.29, 0.717) is 10.5 Å². The SMILES string of the molecule is CCC[CH2][Ti]([CH2]CCC)([CH]1C(CC)=Cc2c(-c3cccc4ccccc34)cccc21)[C](C)(C)[Ti]([CH2]CCC)([CH2]CCC)[CH]1C(CC)=Cc2c(-c3cccc4ccccc34)cccc21. The van der Waals surface area contributed by atoms with Gasteiger partial charge in [0.05, 0.1) is 0 Å². The molecule has 2 aliphatic carbocycles. The molecule has 8 rings (SSSR count). The summed E-state index contributed by atoms with van der Waals surface area (Å²) in [6.45, 7) is 21.0. The molecule has 2 heteroatoms. The van der Waals surface area contributed by atoms with Crippen LogP contribution >= 0.6 is 0 Å². The number of hydrogen-bond donors (Lipinski definition) is 0. The Balaban J connectivity index is 1.39. The normalized spacial score (nSPS) is 16.4. The van der Waals surface area contributed by atoms with Gasteiger partial charge < -0.3 is 0 Å². The van der Waals surface area contributed by atoms with Crippen LogP contribution in [0.3, 0.4) is 0 Å². The molecule has 328 valence electrons. The monoisotopic (exact) mass is 904 g/mol. The molecule has 0 saturated carbocycles. The van der Waals surface area contributed by atoms with Gasteiger partial charge in [-0.15, -0.1) is 0 Å². The summed E-state index contributed by atoms with van der Waals surface area (Å²) in [6, 6.07) is 47.2. The van der Waals surface area contributed by atoms with Crippen molar-refractivity contribution in [2.75, 3.05) is 0 Å². The third-order valence-electron chi connectivity index (χ3n) is 16.8. The van der Waals surface area contributed by atoms with Crippen molar-refractivity contribution in [3.8, 4) is 22.3 Å². The van der Waals surface area contributed by atoms with Crippen LogP contribution in [0.1, 0.15) is 150 Å². The molecule has 63 heavy (non-hydrogen) atoms. The molecule has 2 unspecified atom stereocenters. The van der Waals surface area contributed by atoms with Crippen LogP contribution in [0, 0.1) is 0 Å². The molecule has 0 aromatic heterocycles. The summed E-state index contributed by atoms with van der Waals surface area (Å²) in [6.07, 6.45) is 18.5. The summed E-state index contributed by atoms with van der Waals surface area (Å²) in [7, 11) is 0. The van der Waals surface area contributed by atoms with Crippen LogP contribution in [0.2, 0.25) is 20.9 Å². The fraction of sp³-hybridized carbons (Fsp3) is 0.410. The van der Waals surface area contributed by atoms with Gasteiger partial charge in [-0.1, -0.05) is 0 Å². The fourth-order valence-corrected chi connectivity index (χ4v) is 47.2. The second kappa shape index (κ2) is 20.1. The first-order chi connectivity index (χ1) is 30.7. The Morgan fingerprint density at radius 2 is 0.730 bits per heavy atom. The predicted molar refractivity (Wildman–Crippen MR) is 274 cm³/mol. The second-order valence-electron chi connectivity index (χ2n) is 20.0. The summed E-state index contributed by atoms with van der Waals surface area (Å²) in [5, 5.41) is 5.43.